The largest absolute Gasteiger partial charge is 0.434 e. The summed E-state index contributed by atoms with van der Waals surface area (Å²) in [5.41, 5.74) is 2.88. The molecule has 2 aromatic carbocycles. The van der Waals surface area contributed by atoms with E-state index in [2.05, 4.69) is 25.9 Å². The van der Waals surface area contributed by atoms with Crippen molar-refractivity contribution in [3.8, 4) is 0 Å². The van der Waals surface area contributed by atoms with E-state index in [9.17, 15) is 22.8 Å². The molecule has 5 rings (SSSR count). The van der Waals surface area contributed by atoms with Crippen molar-refractivity contribution in [1.29, 1.82) is 0 Å². The third-order valence-corrected chi connectivity index (χ3v) is 9.36. The van der Waals surface area contributed by atoms with Crippen molar-refractivity contribution in [2.75, 3.05) is 18.8 Å². The fraction of sp³-hybridized carbons (Fsp3) is 0.364. The molecule has 0 spiro atoms. The van der Waals surface area contributed by atoms with Crippen molar-refractivity contribution in [2.45, 2.75) is 50.4 Å². The van der Waals surface area contributed by atoms with Crippen LogP contribution in [0.2, 0.25) is 0 Å². The van der Waals surface area contributed by atoms with Gasteiger partial charge in [-0.15, -0.1) is 0 Å². The molecule has 2 amide bonds. The van der Waals surface area contributed by atoms with Gasteiger partial charge in [0.05, 0.1) is 23.2 Å². The number of amides is 2. The highest BCUT2D eigenvalue weighted by Gasteiger charge is 2.34. The summed E-state index contributed by atoms with van der Waals surface area (Å²) in [6.07, 6.45) is 1.77. The van der Waals surface area contributed by atoms with Crippen LogP contribution in [0.3, 0.4) is 0 Å². The zero-order valence-electron chi connectivity index (χ0n) is 25.1. The summed E-state index contributed by atoms with van der Waals surface area (Å²) in [7, 11) is -3.92. The summed E-state index contributed by atoms with van der Waals surface area (Å²) in [5, 5.41) is 8.62. The van der Waals surface area contributed by atoms with Crippen molar-refractivity contribution in [3.63, 3.8) is 0 Å². The van der Waals surface area contributed by atoms with E-state index in [-0.39, 0.29) is 18.2 Å². The lowest BCUT2D eigenvalue weighted by atomic mass is 9.97. The fourth-order valence-electron chi connectivity index (χ4n) is 5.40. The first-order valence-electron chi connectivity index (χ1n) is 15.0. The summed E-state index contributed by atoms with van der Waals surface area (Å²) < 4.78 is 32.4. The third-order valence-electron chi connectivity index (χ3n) is 7.78. The number of Topliss-reactive ketones (excluding diaryl/α,β-unsaturated/α-hetero) is 1. The van der Waals surface area contributed by atoms with E-state index in [0.717, 1.165) is 5.56 Å². The molecule has 1 fully saturated rings. The van der Waals surface area contributed by atoms with E-state index in [0.29, 0.717) is 54.8 Å². The van der Waals surface area contributed by atoms with E-state index in [4.69, 9.17) is 4.42 Å². The number of carbonyl (C=O) groups excluding carboxylic acids is 3. The third kappa shape index (κ3) is 8.83. The van der Waals surface area contributed by atoms with Crippen LogP contribution in [0.4, 0.5) is 0 Å². The number of pyridine rings is 1. The van der Waals surface area contributed by atoms with Crippen molar-refractivity contribution in [3.05, 3.63) is 95.6 Å². The lowest BCUT2D eigenvalue weighted by Crippen LogP contribution is -2.55. The van der Waals surface area contributed by atoms with Crippen LogP contribution < -0.4 is 16.0 Å². The SMILES string of the molecule is Cc1cccc(CS(=O)(=O)C[C@H](NC(=O)C2CCNCC2)C(=O)N[C@@H](CCc2ccccc2)C(=O)c2nc3ccccc3o2)n1. The van der Waals surface area contributed by atoms with Crippen LogP contribution in [-0.2, 0) is 31.6 Å². The number of benzene rings is 2. The lowest BCUT2D eigenvalue weighted by Gasteiger charge is -2.26. The maximum atomic E-state index is 13.9. The highest BCUT2D eigenvalue weighted by atomic mass is 32.2. The molecule has 2 aromatic heterocycles. The molecule has 1 saturated heterocycles. The Kier molecular flexibility index (Phi) is 10.4. The van der Waals surface area contributed by atoms with Gasteiger partial charge in [0.15, 0.2) is 15.4 Å². The highest BCUT2D eigenvalue weighted by molar-refractivity contribution is 7.90. The molecule has 45 heavy (non-hydrogen) atoms. The Morgan fingerprint density at radius 1 is 0.911 bits per heavy atom. The summed E-state index contributed by atoms with van der Waals surface area (Å²) in [6, 6.07) is 19.0. The van der Waals surface area contributed by atoms with Crippen LogP contribution in [0, 0.1) is 12.8 Å². The van der Waals surface area contributed by atoms with Gasteiger partial charge >= 0.3 is 0 Å². The molecule has 12 heteroatoms. The first-order chi connectivity index (χ1) is 21.7. The van der Waals surface area contributed by atoms with Crippen molar-refractivity contribution >= 4 is 38.5 Å². The predicted molar refractivity (Wildman–Crippen MR) is 169 cm³/mol. The second-order valence-corrected chi connectivity index (χ2v) is 13.5. The number of ketones is 1. The molecule has 3 heterocycles. The molecule has 3 N–H and O–H groups in total. The number of oxazole rings is 1. The van der Waals surface area contributed by atoms with E-state index >= 15 is 0 Å². The summed E-state index contributed by atoms with van der Waals surface area (Å²) >= 11 is 0. The number of carbonyl (C=O) groups is 3. The van der Waals surface area contributed by atoms with Crippen molar-refractivity contribution in [2.24, 2.45) is 5.92 Å². The molecule has 2 atom stereocenters. The molecule has 0 bridgehead atoms. The molecule has 0 unspecified atom stereocenters. The van der Waals surface area contributed by atoms with Gasteiger partial charge in [-0.2, -0.15) is 0 Å². The van der Waals surface area contributed by atoms with Crippen molar-refractivity contribution in [1.82, 2.24) is 25.9 Å². The number of hydrogen-bond acceptors (Lipinski definition) is 9. The Hall–Kier alpha value is -4.42. The number of aryl methyl sites for hydroxylation is 2. The molecule has 1 aliphatic rings. The minimum absolute atomic E-state index is 0.164. The van der Waals surface area contributed by atoms with Gasteiger partial charge in [0.2, 0.25) is 17.6 Å². The van der Waals surface area contributed by atoms with E-state index in [1.807, 2.05) is 30.3 Å². The van der Waals surface area contributed by atoms with Crippen LogP contribution in [0.1, 0.15) is 46.9 Å². The number of piperidine rings is 1. The molecule has 236 valence electrons. The van der Waals surface area contributed by atoms with Gasteiger partial charge in [-0.05, 0) is 75.5 Å². The fourth-order valence-corrected chi connectivity index (χ4v) is 6.87. The lowest BCUT2D eigenvalue weighted by molar-refractivity contribution is -0.131. The number of fused-ring (bicyclic) bond motifs is 1. The van der Waals surface area contributed by atoms with Crippen molar-refractivity contribution < 1.29 is 27.2 Å². The number of hydrogen-bond donors (Lipinski definition) is 3. The van der Waals surface area contributed by atoms with E-state index in [1.54, 1.807) is 49.4 Å². The molecule has 4 aromatic rings. The van der Waals surface area contributed by atoms with E-state index in [1.165, 1.54) is 0 Å². The second-order valence-electron chi connectivity index (χ2n) is 11.3. The van der Waals surface area contributed by atoms with Gasteiger partial charge in [0.25, 0.3) is 5.89 Å². The van der Waals surface area contributed by atoms with Gasteiger partial charge in [0.1, 0.15) is 11.6 Å². The van der Waals surface area contributed by atoms with Gasteiger partial charge in [-0.1, -0.05) is 48.5 Å². The minimum atomic E-state index is -3.92. The Bertz CT molecular complexity index is 1720. The van der Waals surface area contributed by atoms with E-state index < -0.39 is 51.0 Å². The van der Waals surface area contributed by atoms with Crippen LogP contribution in [0.25, 0.3) is 11.1 Å². The second kappa shape index (κ2) is 14.6. The van der Waals surface area contributed by atoms with Crippen LogP contribution in [0.5, 0.6) is 0 Å². The average molecular weight is 632 g/mol. The quantitative estimate of drug-likeness (QED) is 0.189. The monoisotopic (exact) mass is 631 g/mol. The average Bonchev–Trinajstić information content (AvgIpc) is 3.47. The molecule has 0 saturated carbocycles. The van der Waals surface area contributed by atoms with Gasteiger partial charge in [-0.25, -0.2) is 13.4 Å². The maximum Gasteiger partial charge on any atom is 0.266 e. The first-order valence-corrected chi connectivity index (χ1v) is 16.9. The van der Waals surface area contributed by atoms with Gasteiger partial charge in [0, 0.05) is 11.6 Å². The summed E-state index contributed by atoms with van der Waals surface area (Å²) in [5.74, 6) is -3.31. The first kappa shape index (κ1) is 32.0. The topological polar surface area (TPSA) is 160 Å². The van der Waals surface area contributed by atoms with Gasteiger partial charge < -0.3 is 20.4 Å². The molecule has 0 radical (unpaired) electrons. The Morgan fingerprint density at radius 2 is 1.64 bits per heavy atom. The molecular weight excluding hydrogens is 594 g/mol. The van der Waals surface area contributed by atoms with Crippen LogP contribution >= 0.6 is 0 Å². The highest BCUT2D eigenvalue weighted by Crippen LogP contribution is 2.18. The normalized spacial score (nSPS) is 15.3. The Labute approximate surface area is 262 Å². The molecule has 11 nitrogen and oxygen atoms in total. The minimum Gasteiger partial charge on any atom is -0.434 e. The number of sulfone groups is 1. The number of nitrogens with zero attached hydrogens (tertiary/aromatic N) is 2. The van der Waals surface area contributed by atoms with Gasteiger partial charge in [-0.3, -0.25) is 19.4 Å². The van der Waals surface area contributed by atoms with Crippen LogP contribution in [0.15, 0.2) is 77.2 Å². The summed E-state index contributed by atoms with van der Waals surface area (Å²) in [6.45, 7) is 3.05. The number of rotatable bonds is 13. The van der Waals surface area contributed by atoms with Crippen LogP contribution in [-0.4, -0.2) is 66.9 Å². The Balaban J connectivity index is 1.39. The maximum absolute atomic E-state index is 13.9. The number of nitrogens with one attached hydrogen (secondary N) is 3. The summed E-state index contributed by atoms with van der Waals surface area (Å²) in [4.78, 5) is 49.4. The Morgan fingerprint density at radius 3 is 2.38 bits per heavy atom. The predicted octanol–water partition coefficient (Wildman–Crippen LogP) is 2.93. The molecule has 1 aliphatic heterocycles. The number of para-hydroxylation sites is 2. The molecule has 0 aliphatic carbocycles. The zero-order chi connectivity index (χ0) is 31.8. The number of aromatic nitrogens is 2. The smallest absolute Gasteiger partial charge is 0.266 e. The standard InChI is InChI=1S/C33H37N5O6S/c1-22-8-7-11-25(35-22)20-45(42,43)21-28(37-31(40)24-16-18-34-19-17-24)32(41)36-27(15-14-23-9-3-2-4-10-23)30(39)33-38-26-12-5-6-13-29(26)44-33/h2-13,24,27-28,34H,14-21H2,1H3,(H,36,41)(H,37,40)/t27-,28-/m0/s1. The molecular formula is C33H37N5O6S. The zero-order valence-corrected chi connectivity index (χ0v) is 25.9.